The van der Waals surface area contributed by atoms with Crippen LogP contribution in [0.5, 0.6) is 11.5 Å². The van der Waals surface area contributed by atoms with Crippen molar-refractivity contribution >= 4 is 28.8 Å². The maximum atomic E-state index is 13.2. The molecule has 2 aromatic carbocycles. The third kappa shape index (κ3) is 3.98. The maximum Gasteiger partial charge on any atom is 0.295 e. The van der Waals surface area contributed by atoms with Gasteiger partial charge in [0.1, 0.15) is 24.8 Å². The van der Waals surface area contributed by atoms with Crippen molar-refractivity contribution in [3.8, 4) is 11.5 Å². The van der Waals surface area contributed by atoms with Crippen LogP contribution in [0, 0.1) is 5.82 Å². The van der Waals surface area contributed by atoms with Gasteiger partial charge in [-0.05, 0) is 53.8 Å². The molecule has 2 aliphatic heterocycles. The minimum absolute atomic E-state index is 0.0400. The Labute approximate surface area is 193 Å². The smallest absolute Gasteiger partial charge is 0.295 e. The first-order valence-electron chi connectivity index (χ1n) is 10.5. The van der Waals surface area contributed by atoms with E-state index < -0.39 is 17.7 Å². The molecule has 1 amide bonds. The van der Waals surface area contributed by atoms with E-state index in [-0.39, 0.29) is 23.7 Å². The van der Waals surface area contributed by atoms with Crippen LogP contribution in [0.4, 0.5) is 4.39 Å². The zero-order valence-corrected chi connectivity index (χ0v) is 18.3. The van der Waals surface area contributed by atoms with Gasteiger partial charge in [-0.25, -0.2) is 4.39 Å². The molecule has 6 nitrogen and oxygen atoms in total. The van der Waals surface area contributed by atoms with Gasteiger partial charge in [0, 0.05) is 17.0 Å². The van der Waals surface area contributed by atoms with Crippen molar-refractivity contribution in [3.05, 3.63) is 87.4 Å². The number of likely N-dealkylation sites (tertiary alicyclic amines) is 1. The molecule has 33 heavy (non-hydrogen) atoms. The molecular weight excluding hydrogens is 445 g/mol. The fourth-order valence-corrected chi connectivity index (χ4v) is 4.95. The number of thiophene rings is 1. The predicted molar refractivity (Wildman–Crippen MR) is 121 cm³/mol. The number of nitrogens with zero attached hydrogens (tertiary/aromatic N) is 1. The van der Waals surface area contributed by atoms with Crippen molar-refractivity contribution in [2.75, 3.05) is 19.8 Å². The van der Waals surface area contributed by atoms with E-state index in [2.05, 4.69) is 0 Å². The number of ether oxygens (including phenoxy) is 2. The van der Waals surface area contributed by atoms with E-state index in [1.807, 2.05) is 17.5 Å². The Morgan fingerprint density at radius 3 is 2.55 bits per heavy atom. The van der Waals surface area contributed by atoms with Crippen LogP contribution in [0.15, 0.2) is 65.6 Å². The molecule has 1 saturated heterocycles. The monoisotopic (exact) mass is 465 g/mol. The lowest BCUT2D eigenvalue weighted by Crippen LogP contribution is -2.31. The van der Waals surface area contributed by atoms with Crippen molar-refractivity contribution in [1.82, 2.24) is 4.90 Å². The average molecular weight is 466 g/mol. The molecule has 0 radical (unpaired) electrons. The summed E-state index contributed by atoms with van der Waals surface area (Å²) in [7, 11) is 0. The van der Waals surface area contributed by atoms with Gasteiger partial charge < -0.3 is 19.5 Å². The summed E-state index contributed by atoms with van der Waals surface area (Å²) in [5.74, 6) is -0.962. The summed E-state index contributed by atoms with van der Waals surface area (Å²) < 4.78 is 24.4. The number of fused-ring (bicyclic) bond motifs is 1. The second-order valence-electron chi connectivity index (χ2n) is 7.74. The van der Waals surface area contributed by atoms with Crippen LogP contribution in [0.1, 0.15) is 22.0 Å². The van der Waals surface area contributed by atoms with Gasteiger partial charge in [0.25, 0.3) is 11.7 Å². The van der Waals surface area contributed by atoms with Gasteiger partial charge in [-0.2, -0.15) is 0 Å². The van der Waals surface area contributed by atoms with Crippen molar-refractivity contribution in [2.24, 2.45) is 0 Å². The van der Waals surface area contributed by atoms with Gasteiger partial charge in [-0.3, -0.25) is 9.59 Å². The molecule has 0 spiro atoms. The largest absolute Gasteiger partial charge is 0.507 e. The van der Waals surface area contributed by atoms with Gasteiger partial charge in [0.15, 0.2) is 11.5 Å². The molecule has 1 atom stereocenters. The molecule has 1 fully saturated rings. The molecule has 1 unspecified atom stereocenters. The summed E-state index contributed by atoms with van der Waals surface area (Å²) in [5, 5.41) is 13.0. The average Bonchev–Trinajstić information content (AvgIpc) is 3.45. The summed E-state index contributed by atoms with van der Waals surface area (Å²) >= 11 is 1.41. The number of ketones is 1. The van der Waals surface area contributed by atoms with E-state index in [9.17, 15) is 19.1 Å². The van der Waals surface area contributed by atoms with Gasteiger partial charge in [0.05, 0.1) is 11.6 Å². The number of benzene rings is 2. The quantitative estimate of drug-likeness (QED) is 0.345. The van der Waals surface area contributed by atoms with E-state index >= 15 is 0 Å². The number of Topliss-reactive ketones (excluding diaryl/α,β-unsaturated/α-hetero) is 1. The SMILES string of the molecule is O=C1C(=O)N(CCc2ccc(F)cc2)C(c2cccs2)/C1=C(/O)c1ccc2c(c1)OCCO2. The summed E-state index contributed by atoms with van der Waals surface area (Å²) in [5.41, 5.74) is 1.26. The third-order valence-electron chi connectivity index (χ3n) is 5.72. The van der Waals surface area contributed by atoms with Crippen molar-refractivity contribution < 1.29 is 28.6 Å². The number of amides is 1. The Kier molecular flexibility index (Phi) is 5.60. The number of rotatable bonds is 5. The van der Waals surface area contributed by atoms with E-state index in [4.69, 9.17) is 9.47 Å². The molecule has 0 saturated carbocycles. The molecule has 3 heterocycles. The molecule has 3 aromatic rings. The van der Waals surface area contributed by atoms with E-state index in [1.54, 1.807) is 30.3 Å². The molecule has 0 bridgehead atoms. The summed E-state index contributed by atoms with van der Waals surface area (Å²) in [6.45, 7) is 1.08. The van der Waals surface area contributed by atoms with Crippen molar-refractivity contribution in [3.63, 3.8) is 0 Å². The molecule has 1 aromatic heterocycles. The number of aliphatic hydroxyl groups is 1. The van der Waals surface area contributed by atoms with Crippen molar-refractivity contribution in [2.45, 2.75) is 12.5 Å². The number of carbonyl (C=O) groups is 2. The van der Waals surface area contributed by atoms with Gasteiger partial charge in [-0.15, -0.1) is 11.3 Å². The first-order chi connectivity index (χ1) is 16.0. The normalized spacial score (nSPS) is 19.2. The first kappa shape index (κ1) is 21.2. The highest BCUT2D eigenvalue weighted by molar-refractivity contribution is 7.10. The third-order valence-corrected chi connectivity index (χ3v) is 6.65. The molecule has 1 N–H and O–H groups in total. The second-order valence-corrected chi connectivity index (χ2v) is 8.72. The Morgan fingerprint density at radius 1 is 1.06 bits per heavy atom. The summed E-state index contributed by atoms with van der Waals surface area (Å²) in [4.78, 5) is 28.3. The van der Waals surface area contributed by atoms with Gasteiger partial charge in [0.2, 0.25) is 0 Å². The first-order valence-corrected chi connectivity index (χ1v) is 11.4. The Balaban J connectivity index is 1.52. The summed E-state index contributed by atoms with van der Waals surface area (Å²) in [6.07, 6.45) is 0.444. The lowest BCUT2D eigenvalue weighted by Gasteiger charge is -2.24. The van der Waals surface area contributed by atoms with Crippen LogP contribution < -0.4 is 9.47 Å². The molecule has 8 heteroatoms. The van der Waals surface area contributed by atoms with Crippen LogP contribution in [0.25, 0.3) is 5.76 Å². The minimum atomic E-state index is -0.736. The molecule has 2 aliphatic rings. The Hall–Kier alpha value is -3.65. The van der Waals surface area contributed by atoms with Crippen LogP contribution >= 0.6 is 11.3 Å². The van der Waals surface area contributed by atoms with E-state index in [1.165, 1.54) is 28.4 Å². The summed E-state index contributed by atoms with van der Waals surface area (Å²) in [6, 6.07) is 13.9. The van der Waals surface area contributed by atoms with Crippen LogP contribution in [-0.4, -0.2) is 41.5 Å². The lowest BCUT2D eigenvalue weighted by atomic mass is 9.99. The molecule has 168 valence electrons. The highest BCUT2D eigenvalue weighted by Crippen LogP contribution is 2.42. The predicted octanol–water partition coefficient (Wildman–Crippen LogP) is 4.32. The van der Waals surface area contributed by atoms with Gasteiger partial charge in [-0.1, -0.05) is 18.2 Å². The zero-order valence-electron chi connectivity index (χ0n) is 17.5. The second kappa shape index (κ2) is 8.71. The maximum absolute atomic E-state index is 13.2. The lowest BCUT2D eigenvalue weighted by molar-refractivity contribution is -0.139. The zero-order chi connectivity index (χ0) is 22.9. The fourth-order valence-electron chi connectivity index (χ4n) is 4.10. The molecule has 0 aliphatic carbocycles. The highest BCUT2D eigenvalue weighted by Gasteiger charge is 2.46. The molecular formula is C25H20FNO5S. The number of halogens is 1. The number of hydrogen-bond acceptors (Lipinski definition) is 6. The topological polar surface area (TPSA) is 76.1 Å². The van der Waals surface area contributed by atoms with Crippen LogP contribution in [0.2, 0.25) is 0 Å². The molecule has 5 rings (SSSR count). The van der Waals surface area contributed by atoms with E-state index in [0.29, 0.717) is 36.7 Å². The fraction of sp³-hybridized carbons (Fsp3) is 0.200. The highest BCUT2D eigenvalue weighted by atomic mass is 32.1. The van der Waals surface area contributed by atoms with Crippen molar-refractivity contribution in [1.29, 1.82) is 0 Å². The minimum Gasteiger partial charge on any atom is -0.507 e. The number of aliphatic hydroxyl groups excluding tert-OH is 1. The Morgan fingerprint density at radius 2 is 1.82 bits per heavy atom. The standard InChI is InChI=1S/C25H20FNO5S/c26-17-6-3-15(4-7-17)9-10-27-22(20-2-1-13-33-20)21(24(29)25(27)30)23(28)16-5-8-18-19(14-16)32-12-11-31-18/h1-8,13-14,22,28H,9-12H2/b23-21-. The number of carbonyl (C=O) groups excluding carboxylic acids is 2. The van der Waals surface area contributed by atoms with E-state index in [0.717, 1.165) is 10.4 Å². The number of hydrogen-bond donors (Lipinski definition) is 1. The van der Waals surface area contributed by atoms with Crippen LogP contribution in [0.3, 0.4) is 0 Å². The van der Waals surface area contributed by atoms with Crippen LogP contribution in [-0.2, 0) is 16.0 Å². The van der Waals surface area contributed by atoms with Gasteiger partial charge >= 0.3 is 0 Å². The Bertz CT molecular complexity index is 1240.